The molecule has 0 spiro atoms. The van der Waals surface area contributed by atoms with Gasteiger partial charge in [0, 0.05) is 0 Å². The summed E-state index contributed by atoms with van der Waals surface area (Å²) in [4.78, 5) is 10.5. The van der Waals surface area contributed by atoms with Gasteiger partial charge >= 0.3 is 0 Å². The van der Waals surface area contributed by atoms with E-state index in [0.717, 1.165) is 6.92 Å². The van der Waals surface area contributed by atoms with Crippen LogP contribution in [0.1, 0.15) is 13.8 Å². The van der Waals surface area contributed by atoms with Crippen LogP contribution in [0.25, 0.3) is 0 Å². The van der Waals surface area contributed by atoms with Crippen LogP contribution in [0.2, 0.25) is 0 Å². The number of Topliss-reactive ketones (excluding diaryl/α,β-unsaturated/α-hetero) is 1. The fourth-order valence-electron chi connectivity index (χ4n) is 0.713. The van der Waals surface area contributed by atoms with E-state index in [9.17, 15) is 4.79 Å². The average Bonchev–Trinajstić information content (AvgIpc) is 2.00. The van der Waals surface area contributed by atoms with Crippen molar-refractivity contribution in [2.24, 2.45) is 0 Å². The Labute approximate surface area is 70.3 Å². The second kappa shape index (κ2) is 4.51. The molecular formula is C7H14O5. The summed E-state index contributed by atoms with van der Waals surface area (Å²) in [6.07, 6.45) is -5.98. The van der Waals surface area contributed by atoms with E-state index in [2.05, 4.69) is 0 Å². The Morgan fingerprint density at radius 1 is 1.08 bits per heavy atom. The predicted molar refractivity (Wildman–Crippen MR) is 40.4 cm³/mol. The number of carbonyl (C=O) groups excluding carboxylic acids is 1. The normalized spacial score (nSPS) is 21.2. The molecule has 5 nitrogen and oxygen atoms in total. The molecule has 4 N–H and O–H groups in total. The molecule has 0 heterocycles. The lowest BCUT2D eigenvalue weighted by Gasteiger charge is -2.22. The van der Waals surface area contributed by atoms with Crippen molar-refractivity contribution in [2.75, 3.05) is 0 Å². The molecule has 0 bridgehead atoms. The van der Waals surface area contributed by atoms with E-state index in [0.29, 0.717) is 0 Å². The van der Waals surface area contributed by atoms with Gasteiger partial charge in [-0.3, -0.25) is 4.79 Å². The molecule has 0 fully saturated rings. The maximum absolute atomic E-state index is 10.5. The molecule has 0 amide bonds. The quantitative estimate of drug-likeness (QED) is 0.400. The Morgan fingerprint density at radius 2 is 1.50 bits per heavy atom. The van der Waals surface area contributed by atoms with Crippen molar-refractivity contribution >= 4 is 5.78 Å². The van der Waals surface area contributed by atoms with Gasteiger partial charge in [0.05, 0.1) is 6.10 Å². The molecule has 0 aliphatic heterocycles. The van der Waals surface area contributed by atoms with Crippen LogP contribution in [0.3, 0.4) is 0 Å². The van der Waals surface area contributed by atoms with Gasteiger partial charge in [-0.25, -0.2) is 0 Å². The second-order valence-corrected chi connectivity index (χ2v) is 2.78. The molecule has 12 heavy (non-hydrogen) atoms. The predicted octanol–water partition coefficient (Wildman–Crippen LogP) is -1.96. The van der Waals surface area contributed by atoms with E-state index in [-0.39, 0.29) is 0 Å². The number of rotatable bonds is 4. The number of aliphatic hydroxyl groups excluding tert-OH is 4. The lowest BCUT2D eigenvalue weighted by atomic mass is 10.0. The first-order valence-corrected chi connectivity index (χ1v) is 3.60. The van der Waals surface area contributed by atoms with E-state index in [1.165, 1.54) is 6.92 Å². The Bertz CT molecular complexity index is 156. The topological polar surface area (TPSA) is 98.0 Å². The van der Waals surface area contributed by atoms with Gasteiger partial charge in [-0.05, 0) is 13.8 Å². The maximum Gasteiger partial charge on any atom is 0.160 e. The van der Waals surface area contributed by atoms with Crippen molar-refractivity contribution in [3.8, 4) is 0 Å². The first-order chi connectivity index (χ1) is 5.37. The van der Waals surface area contributed by atoms with Crippen LogP contribution in [-0.2, 0) is 4.79 Å². The van der Waals surface area contributed by atoms with Gasteiger partial charge in [0.25, 0.3) is 0 Å². The third-order valence-corrected chi connectivity index (χ3v) is 1.58. The Kier molecular flexibility index (Phi) is 4.33. The standard InChI is InChI=1S/C7H14O5/c1-3(8)5(10)7(12)6(11)4(2)9/h3,5-8,10-12H,1-2H3/t3-,5+,6+,7+/m0/s1. The van der Waals surface area contributed by atoms with Crippen LogP contribution in [0.4, 0.5) is 0 Å². The summed E-state index contributed by atoms with van der Waals surface area (Å²) in [5, 5.41) is 35.8. The molecule has 0 aromatic carbocycles. The number of hydrogen-bond acceptors (Lipinski definition) is 5. The fourth-order valence-corrected chi connectivity index (χ4v) is 0.713. The van der Waals surface area contributed by atoms with Gasteiger partial charge in [-0.15, -0.1) is 0 Å². The van der Waals surface area contributed by atoms with Gasteiger partial charge in [0.1, 0.15) is 18.3 Å². The first kappa shape index (κ1) is 11.5. The summed E-state index contributed by atoms with van der Waals surface area (Å²) in [6.45, 7) is 2.34. The third-order valence-electron chi connectivity index (χ3n) is 1.58. The highest BCUT2D eigenvalue weighted by atomic mass is 16.4. The fraction of sp³-hybridized carbons (Fsp3) is 0.857. The molecule has 0 unspecified atom stereocenters. The van der Waals surface area contributed by atoms with Gasteiger partial charge in [-0.1, -0.05) is 0 Å². The van der Waals surface area contributed by atoms with E-state index in [4.69, 9.17) is 20.4 Å². The van der Waals surface area contributed by atoms with Crippen LogP contribution in [0, 0.1) is 0 Å². The van der Waals surface area contributed by atoms with Gasteiger partial charge in [0.15, 0.2) is 5.78 Å². The lowest BCUT2D eigenvalue weighted by Crippen LogP contribution is -2.46. The van der Waals surface area contributed by atoms with Crippen molar-refractivity contribution in [2.45, 2.75) is 38.3 Å². The molecule has 0 saturated carbocycles. The molecule has 0 aromatic rings. The highest BCUT2D eigenvalue weighted by Crippen LogP contribution is 2.05. The third kappa shape index (κ3) is 2.86. The summed E-state index contributed by atoms with van der Waals surface area (Å²) in [5.41, 5.74) is 0. The van der Waals surface area contributed by atoms with Crippen LogP contribution >= 0.6 is 0 Å². The average molecular weight is 178 g/mol. The largest absolute Gasteiger partial charge is 0.391 e. The van der Waals surface area contributed by atoms with Gasteiger partial charge in [0.2, 0.25) is 0 Å². The van der Waals surface area contributed by atoms with Crippen LogP contribution in [0.15, 0.2) is 0 Å². The SMILES string of the molecule is CC(=O)[C@@H](O)[C@H](O)[C@H](O)[C@H](C)O. The number of hydrogen-bond donors (Lipinski definition) is 4. The van der Waals surface area contributed by atoms with Crippen molar-refractivity contribution in [1.82, 2.24) is 0 Å². The van der Waals surface area contributed by atoms with Crippen LogP contribution < -0.4 is 0 Å². The lowest BCUT2D eigenvalue weighted by molar-refractivity contribution is -0.141. The molecule has 0 aromatic heterocycles. The molecule has 0 radical (unpaired) electrons. The summed E-state index contributed by atoms with van der Waals surface area (Å²) in [6, 6.07) is 0. The van der Waals surface area contributed by atoms with Crippen molar-refractivity contribution in [3.05, 3.63) is 0 Å². The molecule has 0 saturated heterocycles. The number of ketones is 1. The summed E-state index contributed by atoms with van der Waals surface area (Å²) in [7, 11) is 0. The Balaban J connectivity index is 4.18. The molecular weight excluding hydrogens is 164 g/mol. The smallest absolute Gasteiger partial charge is 0.160 e. The Hall–Kier alpha value is -0.490. The Morgan fingerprint density at radius 3 is 1.75 bits per heavy atom. The maximum atomic E-state index is 10.5. The van der Waals surface area contributed by atoms with E-state index in [1.54, 1.807) is 0 Å². The first-order valence-electron chi connectivity index (χ1n) is 3.60. The number of aliphatic hydroxyl groups is 4. The summed E-state index contributed by atoms with van der Waals surface area (Å²) >= 11 is 0. The molecule has 0 aliphatic carbocycles. The van der Waals surface area contributed by atoms with Crippen LogP contribution in [-0.4, -0.2) is 50.6 Å². The summed E-state index contributed by atoms with van der Waals surface area (Å²) in [5.74, 6) is -0.651. The highest BCUT2D eigenvalue weighted by molar-refractivity contribution is 5.80. The zero-order chi connectivity index (χ0) is 9.89. The van der Waals surface area contributed by atoms with Gasteiger partial charge < -0.3 is 20.4 Å². The minimum absolute atomic E-state index is 0.651. The van der Waals surface area contributed by atoms with Crippen molar-refractivity contribution < 1.29 is 25.2 Å². The van der Waals surface area contributed by atoms with E-state index in [1.807, 2.05) is 0 Å². The molecule has 0 aliphatic rings. The van der Waals surface area contributed by atoms with Crippen molar-refractivity contribution in [3.63, 3.8) is 0 Å². The zero-order valence-electron chi connectivity index (χ0n) is 7.01. The van der Waals surface area contributed by atoms with Crippen LogP contribution in [0.5, 0.6) is 0 Å². The minimum atomic E-state index is -1.64. The molecule has 4 atom stereocenters. The monoisotopic (exact) mass is 178 g/mol. The zero-order valence-corrected chi connectivity index (χ0v) is 7.01. The van der Waals surface area contributed by atoms with E-state index >= 15 is 0 Å². The highest BCUT2D eigenvalue weighted by Gasteiger charge is 2.30. The molecule has 0 rings (SSSR count). The van der Waals surface area contributed by atoms with Gasteiger partial charge in [-0.2, -0.15) is 0 Å². The molecule has 5 heteroatoms. The number of carbonyl (C=O) groups is 1. The van der Waals surface area contributed by atoms with E-state index < -0.39 is 30.2 Å². The summed E-state index contributed by atoms with van der Waals surface area (Å²) < 4.78 is 0. The minimum Gasteiger partial charge on any atom is -0.391 e. The molecule has 72 valence electrons. The van der Waals surface area contributed by atoms with Crippen molar-refractivity contribution in [1.29, 1.82) is 0 Å². The second-order valence-electron chi connectivity index (χ2n) is 2.78.